The summed E-state index contributed by atoms with van der Waals surface area (Å²) < 4.78 is 27.4. The number of benzene rings is 2. The lowest BCUT2D eigenvalue weighted by Crippen LogP contribution is -2.50. The number of aromatic amines is 1. The summed E-state index contributed by atoms with van der Waals surface area (Å²) in [6, 6.07) is 10.8. The van der Waals surface area contributed by atoms with E-state index in [1.165, 1.54) is 16.4 Å². The van der Waals surface area contributed by atoms with Crippen molar-refractivity contribution >= 4 is 44.1 Å². The van der Waals surface area contributed by atoms with E-state index in [4.69, 9.17) is 11.6 Å². The number of aryl methyl sites for hydroxylation is 1. The lowest BCUT2D eigenvalue weighted by atomic mass is 10.2. The molecule has 1 aliphatic rings. The highest BCUT2D eigenvalue weighted by atomic mass is 35.5. The molecule has 2 aromatic carbocycles. The first kappa shape index (κ1) is 21.3. The van der Waals surface area contributed by atoms with Gasteiger partial charge in [0.1, 0.15) is 5.69 Å². The standard InChI is InChI=1S/C20H19ClN4O5S/c1-13-2-4-16(25(27)28)12-19(13)31(29,30)24-8-6-23(7-9-24)20(26)18-11-14-10-15(21)3-5-17(14)22-18/h2-5,10-12,22H,6-9H2,1H3. The van der Waals surface area contributed by atoms with Crippen LogP contribution in [-0.4, -0.2) is 59.6 Å². The Morgan fingerprint density at radius 3 is 2.48 bits per heavy atom. The molecule has 0 saturated carbocycles. The normalized spacial score (nSPS) is 15.4. The van der Waals surface area contributed by atoms with Crippen molar-refractivity contribution in [3.63, 3.8) is 0 Å². The maximum absolute atomic E-state index is 13.1. The summed E-state index contributed by atoms with van der Waals surface area (Å²) in [7, 11) is -3.92. The van der Waals surface area contributed by atoms with Crippen molar-refractivity contribution in [2.45, 2.75) is 11.8 Å². The van der Waals surface area contributed by atoms with Crippen molar-refractivity contribution < 1.29 is 18.1 Å². The van der Waals surface area contributed by atoms with Gasteiger partial charge in [-0.05, 0) is 36.8 Å². The van der Waals surface area contributed by atoms with Gasteiger partial charge in [-0.15, -0.1) is 0 Å². The Morgan fingerprint density at radius 1 is 1.10 bits per heavy atom. The van der Waals surface area contributed by atoms with Crippen molar-refractivity contribution in [2.24, 2.45) is 0 Å². The van der Waals surface area contributed by atoms with Gasteiger partial charge in [-0.1, -0.05) is 17.7 Å². The molecule has 9 nitrogen and oxygen atoms in total. The van der Waals surface area contributed by atoms with Gasteiger partial charge in [0, 0.05) is 54.2 Å². The first-order chi connectivity index (χ1) is 14.7. The van der Waals surface area contributed by atoms with Crippen molar-refractivity contribution in [1.82, 2.24) is 14.2 Å². The molecule has 1 aliphatic heterocycles. The van der Waals surface area contributed by atoms with Gasteiger partial charge < -0.3 is 9.88 Å². The minimum Gasteiger partial charge on any atom is -0.351 e. The fourth-order valence-corrected chi connectivity index (χ4v) is 5.49. The monoisotopic (exact) mass is 462 g/mol. The molecular formula is C20H19ClN4O5S. The molecule has 1 saturated heterocycles. The number of piperazine rings is 1. The van der Waals surface area contributed by atoms with E-state index in [-0.39, 0.29) is 42.7 Å². The number of aromatic nitrogens is 1. The minimum absolute atomic E-state index is 0.0889. The third-order valence-electron chi connectivity index (χ3n) is 5.34. The Balaban J connectivity index is 1.50. The number of nitrogens with zero attached hydrogens (tertiary/aromatic N) is 3. The van der Waals surface area contributed by atoms with Gasteiger partial charge >= 0.3 is 0 Å². The van der Waals surface area contributed by atoms with Crippen LogP contribution in [0.1, 0.15) is 16.1 Å². The average molecular weight is 463 g/mol. The third-order valence-corrected chi connectivity index (χ3v) is 7.62. The number of nitro groups is 1. The van der Waals surface area contributed by atoms with Crippen LogP contribution in [0.5, 0.6) is 0 Å². The van der Waals surface area contributed by atoms with Gasteiger partial charge in [0.15, 0.2) is 0 Å². The Hall–Kier alpha value is -2.95. The summed E-state index contributed by atoms with van der Waals surface area (Å²) in [6.07, 6.45) is 0. The second-order valence-electron chi connectivity index (χ2n) is 7.32. The van der Waals surface area contributed by atoms with Crippen molar-refractivity contribution in [2.75, 3.05) is 26.2 Å². The zero-order valence-corrected chi connectivity index (χ0v) is 18.1. The highest BCUT2D eigenvalue weighted by Gasteiger charge is 2.32. The molecule has 3 aromatic rings. The van der Waals surface area contributed by atoms with Crippen LogP contribution in [0, 0.1) is 17.0 Å². The number of nitro benzene ring substituents is 1. The van der Waals surface area contributed by atoms with Crippen LogP contribution in [0.4, 0.5) is 5.69 Å². The number of carbonyl (C=O) groups is 1. The number of fused-ring (bicyclic) bond motifs is 1. The maximum Gasteiger partial charge on any atom is 0.270 e. The quantitative estimate of drug-likeness (QED) is 0.472. The number of carbonyl (C=O) groups excluding carboxylic acids is 1. The van der Waals surface area contributed by atoms with E-state index in [1.54, 1.807) is 36.1 Å². The Bertz CT molecular complexity index is 1300. The van der Waals surface area contributed by atoms with Gasteiger partial charge in [-0.3, -0.25) is 14.9 Å². The van der Waals surface area contributed by atoms with Crippen molar-refractivity contribution in [3.8, 4) is 0 Å². The van der Waals surface area contributed by atoms with E-state index in [0.29, 0.717) is 16.3 Å². The fraction of sp³-hybridized carbons (Fsp3) is 0.250. The van der Waals surface area contributed by atoms with E-state index >= 15 is 0 Å². The van der Waals surface area contributed by atoms with Crippen molar-refractivity contribution in [1.29, 1.82) is 0 Å². The lowest BCUT2D eigenvalue weighted by Gasteiger charge is -2.34. The van der Waals surface area contributed by atoms with Gasteiger partial charge in [-0.25, -0.2) is 8.42 Å². The molecule has 0 spiro atoms. The molecule has 162 valence electrons. The zero-order chi connectivity index (χ0) is 22.3. The number of sulfonamides is 1. The number of nitrogens with one attached hydrogen (secondary N) is 1. The van der Waals surface area contributed by atoms with Crippen LogP contribution < -0.4 is 0 Å². The average Bonchev–Trinajstić information content (AvgIpc) is 3.16. The van der Waals surface area contributed by atoms with Gasteiger partial charge in [0.25, 0.3) is 11.6 Å². The first-order valence-corrected chi connectivity index (χ1v) is 11.3. The zero-order valence-electron chi connectivity index (χ0n) is 16.5. The topological polar surface area (TPSA) is 117 Å². The van der Waals surface area contributed by atoms with Crippen molar-refractivity contribution in [3.05, 3.63) is 68.9 Å². The highest BCUT2D eigenvalue weighted by Crippen LogP contribution is 2.26. The summed E-state index contributed by atoms with van der Waals surface area (Å²) in [5, 5.41) is 12.4. The third kappa shape index (κ3) is 4.01. The summed E-state index contributed by atoms with van der Waals surface area (Å²) >= 11 is 5.99. The molecule has 11 heteroatoms. The number of amides is 1. The van der Waals surface area contributed by atoms with Crippen LogP contribution in [0.3, 0.4) is 0 Å². The maximum atomic E-state index is 13.1. The van der Waals surface area contributed by atoms with E-state index in [9.17, 15) is 23.3 Å². The highest BCUT2D eigenvalue weighted by molar-refractivity contribution is 7.89. The molecule has 4 rings (SSSR count). The number of non-ortho nitro benzene ring substituents is 1. The predicted molar refractivity (Wildman–Crippen MR) is 116 cm³/mol. The smallest absolute Gasteiger partial charge is 0.270 e. The van der Waals surface area contributed by atoms with E-state index < -0.39 is 14.9 Å². The summed E-state index contributed by atoms with van der Waals surface area (Å²) in [4.78, 5) is 27.9. The minimum atomic E-state index is -3.92. The number of hydrogen-bond donors (Lipinski definition) is 1. The van der Waals surface area contributed by atoms with Gasteiger partial charge in [0.05, 0.1) is 9.82 Å². The Morgan fingerprint density at radius 2 is 1.81 bits per heavy atom. The fourth-order valence-electron chi connectivity index (χ4n) is 3.64. The number of hydrogen-bond acceptors (Lipinski definition) is 5. The predicted octanol–water partition coefficient (Wildman–Crippen LogP) is 3.18. The molecule has 0 aliphatic carbocycles. The van der Waals surface area contributed by atoms with Gasteiger partial charge in [0.2, 0.25) is 10.0 Å². The largest absolute Gasteiger partial charge is 0.351 e. The summed E-state index contributed by atoms with van der Waals surface area (Å²) in [5.41, 5.74) is 1.34. The number of halogens is 1. The molecule has 31 heavy (non-hydrogen) atoms. The van der Waals surface area contributed by atoms with E-state index in [0.717, 1.165) is 17.0 Å². The van der Waals surface area contributed by atoms with Gasteiger partial charge in [-0.2, -0.15) is 4.31 Å². The van der Waals surface area contributed by atoms with Crippen LogP contribution in [0.25, 0.3) is 10.9 Å². The summed E-state index contributed by atoms with van der Waals surface area (Å²) in [5.74, 6) is -0.226. The molecule has 1 amide bonds. The Kier molecular flexibility index (Phi) is 5.46. The molecule has 0 atom stereocenters. The lowest BCUT2D eigenvalue weighted by molar-refractivity contribution is -0.385. The Labute approximate surface area is 183 Å². The number of H-pyrrole nitrogens is 1. The van der Waals surface area contributed by atoms with Crippen LogP contribution in [0.15, 0.2) is 47.4 Å². The second kappa shape index (κ2) is 7.95. The second-order valence-corrected chi connectivity index (χ2v) is 9.66. The van der Waals surface area contributed by atoms with E-state index in [1.807, 2.05) is 0 Å². The molecule has 0 bridgehead atoms. The molecule has 1 aromatic heterocycles. The van der Waals surface area contributed by atoms with Crippen LogP contribution >= 0.6 is 11.6 Å². The molecule has 1 fully saturated rings. The molecule has 2 heterocycles. The van der Waals surface area contributed by atoms with E-state index in [2.05, 4.69) is 4.98 Å². The first-order valence-electron chi connectivity index (χ1n) is 9.49. The molecule has 1 N–H and O–H groups in total. The number of rotatable bonds is 4. The SMILES string of the molecule is Cc1ccc([N+](=O)[O-])cc1S(=O)(=O)N1CCN(C(=O)c2cc3cc(Cl)ccc3[nH]2)CC1. The molecular weight excluding hydrogens is 444 g/mol. The van der Waals surface area contributed by atoms with Crippen LogP contribution in [-0.2, 0) is 10.0 Å². The van der Waals surface area contributed by atoms with Crippen LogP contribution in [0.2, 0.25) is 5.02 Å². The molecule has 0 unspecified atom stereocenters. The summed E-state index contributed by atoms with van der Waals surface area (Å²) in [6.45, 7) is 2.22. The molecule has 0 radical (unpaired) electrons.